The van der Waals surface area contributed by atoms with Crippen LogP contribution in [0.1, 0.15) is 13.8 Å². The molecule has 1 saturated carbocycles. The van der Waals surface area contributed by atoms with Crippen molar-refractivity contribution in [3.05, 3.63) is 0 Å². The molecule has 0 aromatic heterocycles. The van der Waals surface area contributed by atoms with Crippen LogP contribution in [0.3, 0.4) is 0 Å². The lowest BCUT2D eigenvalue weighted by atomic mass is 10.1. The summed E-state index contributed by atoms with van der Waals surface area (Å²) >= 11 is 4.02. The summed E-state index contributed by atoms with van der Waals surface area (Å²) in [5.74, 6) is 0.486. The number of thiol groups is 1. The van der Waals surface area contributed by atoms with Gasteiger partial charge in [0.15, 0.2) is 0 Å². The fourth-order valence-electron chi connectivity index (χ4n) is 2.32. The number of amides is 2. The number of carbonyl (C=O) groups is 2. The van der Waals surface area contributed by atoms with E-state index in [0.29, 0.717) is 12.3 Å². The van der Waals surface area contributed by atoms with E-state index in [0.717, 1.165) is 0 Å². The van der Waals surface area contributed by atoms with Gasteiger partial charge in [0.1, 0.15) is 0 Å². The van der Waals surface area contributed by atoms with E-state index in [1.54, 1.807) is 0 Å². The van der Waals surface area contributed by atoms with Crippen molar-refractivity contribution in [2.75, 3.05) is 12.3 Å². The van der Waals surface area contributed by atoms with Gasteiger partial charge < -0.3 is 0 Å². The lowest BCUT2D eigenvalue weighted by molar-refractivity contribution is -0.142. The highest BCUT2D eigenvalue weighted by Gasteiger charge is 2.72. The Labute approximate surface area is 82.9 Å². The predicted molar refractivity (Wildman–Crippen MR) is 51.3 cm³/mol. The second kappa shape index (κ2) is 2.50. The lowest BCUT2D eigenvalue weighted by Gasteiger charge is -2.19. The van der Waals surface area contributed by atoms with Crippen molar-refractivity contribution in [1.29, 1.82) is 0 Å². The maximum atomic E-state index is 11.6. The molecule has 3 nitrogen and oxygen atoms in total. The first-order valence-corrected chi connectivity index (χ1v) is 5.11. The molecule has 4 heteroatoms. The molecule has 0 N–H and O–H groups in total. The molecule has 1 aliphatic heterocycles. The molecule has 0 aromatic carbocycles. The quantitative estimate of drug-likeness (QED) is 0.521. The number of rotatable bonds is 2. The molecule has 0 aromatic rings. The van der Waals surface area contributed by atoms with Gasteiger partial charge in [-0.25, -0.2) is 0 Å². The highest BCUT2D eigenvalue weighted by molar-refractivity contribution is 7.80. The Balaban J connectivity index is 2.18. The molecule has 2 fully saturated rings. The van der Waals surface area contributed by atoms with Crippen LogP contribution in [0.15, 0.2) is 0 Å². The van der Waals surface area contributed by atoms with Crippen LogP contribution in [-0.2, 0) is 9.59 Å². The van der Waals surface area contributed by atoms with Crippen molar-refractivity contribution in [3.63, 3.8) is 0 Å². The van der Waals surface area contributed by atoms with E-state index in [-0.39, 0.29) is 29.1 Å². The number of fused-ring (bicyclic) bond motifs is 1. The van der Waals surface area contributed by atoms with Crippen LogP contribution in [0.5, 0.6) is 0 Å². The highest BCUT2D eigenvalue weighted by atomic mass is 32.1. The number of imide groups is 1. The average Bonchev–Trinajstić information content (AvgIpc) is 2.51. The van der Waals surface area contributed by atoms with Crippen LogP contribution in [-0.4, -0.2) is 29.0 Å². The van der Waals surface area contributed by atoms with E-state index in [1.165, 1.54) is 4.90 Å². The van der Waals surface area contributed by atoms with Gasteiger partial charge >= 0.3 is 0 Å². The first kappa shape index (κ1) is 9.06. The molecule has 2 unspecified atom stereocenters. The standard InChI is InChI=1S/C9H13NO2S/c1-9(2)5-6(9)8(12)10(3-4-13)7(5)11/h5-6,13H,3-4H2,1-2H3. The minimum atomic E-state index is -0.0821. The third-order valence-corrected chi connectivity index (χ3v) is 3.42. The van der Waals surface area contributed by atoms with Crippen LogP contribution in [0.25, 0.3) is 0 Å². The zero-order valence-electron chi connectivity index (χ0n) is 7.78. The van der Waals surface area contributed by atoms with Gasteiger partial charge in [-0.05, 0) is 5.41 Å². The Morgan fingerprint density at radius 3 is 2.15 bits per heavy atom. The third kappa shape index (κ3) is 0.980. The van der Waals surface area contributed by atoms with Crippen molar-refractivity contribution >= 4 is 24.4 Å². The normalized spacial score (nSPS) is 35.2. The number of likely N-dealkylation sites (tertiary alicyclic amines) is 1. The second-order valence-electron chi connectivity index (χ2n) is 4.33. The maximum Gasteiger partial charge on any atom is 0.233 e. The number of piperidine rings is 1. The average molecular weight is 199 g/mol. The van der Waals surface area contributed by atoms with Crippen molar-refractivity contribution in [2.24, 2.45) is 17.3 Å². The van der Waals surface area contributed by atoms with Gasteiger partial charge in [-0.3, -0.25) is 14.5 Å². The van der Waals surface area contributed by atoms with E-state index in [4.69, 9.17) is 0 Å². The van der Waals surface area contributed by atoms with E-state index in [9.17, 15) is 9.59 Å². The van der Waals surface area contributed by atoms with Gasteiger partial charge in [0.2, 0.25) is 11.8 Å². The molecule has 0 radical (unpaired) electrons. The second-order valence-corrected chi connectivity index (χ2v) is 4.78. The van der Waals surface area contributed by atoms with Gasteiger partial charge in [-0.2, -0.15) is 12.6 Å². The van der Waals surface area contributed by atoms with Crippen molar-refractivity contribution < 1.29 is 9.59 Å². The van der Waals surface area contributed by atoms with Gasteiger partial charge in [-0.15, -0.1) is 0 Å². The fourth-order valence-corrected chi connectivity index (χ4v) is 2.52. The molecule has 0 bridgehead atoms. The van der Waals surface area contributed by atoms with Gasteiger partial charge in [0, 0.05) is 12.3 Å². The van der Waals surface area contributed by atoms with E-state index in [1.807, 2.05) is 13.8 Å². The van der Waals surface area contributed by atoms with Crippen LogP contribution >= 0.6 is 12.6 Å². The molecule has 2 rings (SSSR count). The topological polar surface area (TPSA) is 37.4 Å². The van der Waals surface area contributed by atoms with Crippen molar-refractivity contribution in [2.45, 2.75) is 13.8 Å². The molecule has 2 aliphatic rings. The SMILES string of the molecule is CC1(C)C2C(=O)N(CCS)C(=O)C21. The molecular weight excluding hydrogens is 186 g/mol. The monoisotopic (exact) mass is 199 g/mol. The van der Waals surface area contributed by atoms with Crippen LogP contribution < -0.4 is 0 Å². The largest absolute Gasteiger partial charge is 0.281 e. The minimum Gasteiger partial charge on any atom is -0.281 e. The highest BCUT2D eigenvalue weighted by Crippen LogP contribution is 2.63. The zero-order valence-corrected chi connectivity index (χ0v) is 8.67. The molecule has 0 spiro atoms. The minimum absolute atomic E-state index is 0.00838. The molecular formula is C9H13NO2S. The Kier molecular flexibility index (Phi) is 1.74. The van der Waals surface area contributed by atoms with Gasteiger partial charge in [-0.1, -0.05) is 13.8 Å². The Morgan fingerprint density at radius 2 is 1.77 bits per heavy atom. The summed E-state index contributed by atoms with van der Waals surface area (Å²) in [5.41, 5.74) is -0.0821. The van der Waals surface area contributed by atoms with E-state index >= 15 is 0 Å². The zero-order chi connectivity index (χ0) is 9.80. The van der Waals surface area contributed by atoms with Gasteiger partial charge in [0.25, 0.3) is 0 Å². The Hall–Kier alpha value is -0.510. The first-order chi connectivity index (χ1) is 6.01. The number of hydrogen-bond donors (Lipinski definition) is 1. The fraction of sp³-hybridized carbons (Fsp3) is 0.778. The summed E-state index contributed by atoms with van der Waals surface area (Å²) in [5, 5.41) is 0. The number of carbonyl (C=O) groups excluding carboxylic acids is 2. The summed E-state index contributed by atoms with van der Waals surface area (Å²) in [7, 11) is 0. The number of hydrogen-bond acceptors (Lipinski definition) is 3. The van der Waals surface area contributed by atoms with Crippen LogP contribution in [0, 0.1) is 17.3 Å². The molecule has 2 amide bonds. The van der Waals surface area contributed by atoms with Crippen LogP contribution in [0.4, 0.5) is 0 Å². The Bertz CT molecular complexity index is 263. The first-order valence-electron chi connectivity index (χ1n) is 4.48. The molecule has 1 saturated heterocycles. The van der Waals surface area contributed by atoms with Crippen LogP contribution in [0.2, 0.25) is 0 Å². The van der Waals surface area contributed by atoms with Crippen molar-refractivity contribution in [3.8, 4) is 0 Å². The smallest absolute Gasteiger partial charge is 0.233 e. The molecule has 13 heavy (non-hydrogen) atoms. The summed E-state index contributed by atoms with van der Waals surface area (Å²) < 4.78 is 0. The molecule has 1 aliphatic carbocycles. The Morgan fingerprint density at radius 1 is 1.31 bits per heavy atom. The van der Waals surface area contributed by atoms with E-state index in [2.05, 4.69) is 12.6 Å². The summed E-state index contributed by atoms with van der Waals surface area (Å²) in [6, 6.07) is 0. The van der Waals surface area contributed by atoms with Crippen molar-refractivity contribution in [1.82, 2.24) is 4.90 Å². The molecule has 2 atom stereocenters. The van der Waals surface area contributed by atoms with Gasteiger partial charge in [0.05, 0.1) is 11.8 Å². The predicted octanol–water partition coefficient (Wildman–Crippen LogP) is 0.557. The lowest BCUT2D eigenvalue weighted by Crippen LogP contribution is -2.37. The summed E-state index contributed by atoms with van der Waals surface area (Å²) in [6.07, 6.45) is 0. The maximum absolute atomic E-state index is 11.6. The summed E-state index contributed by atoms with van der Waals surface area (Å²) in [4.78, 5) is 24.6. The summed E-state index contributed by atoms with van der Waals surface area (Å²) in [6.45, 7) is 4.43. The molecule has 72 valence electrons. The third-order valence-electron chi connectivity index (χ3n) is 3.22. The number of nitrogens with zero attached hydrogens (tertiary/aromatic N) is 1. The van der Waals surface area contributed by atoms with E-state index < -0.39 is 0 Å². The molecule has 1 heterocycles.